The zero-order valence-electron chi connectivity index (χ0n) is 10.8. The summed E-state index contributed by atoms with van der Waals surface area (Å²) in [7, 11) is 0. The first-order valence-electron chi connectivity index (χ1n) is 6.04. The number of hydrogen-bond donors (Lipinski definition) is 3. The van der Waals surface area contributed by atoms with Crippen molar-refractivity contribution in [3.05, 3.63) is 0 Å². The minimum atomic E-state index is -1.16. The molecule has 1 rings (SSSR count). The molecule has 106 valence electrons. The zero-order chi connectivity index (χ0) is 14.6. The van der Waals surface area contributed by atoms with Gasteiger partial charge >= 0.3 is 12.0 Å². The van der Waals surface area contributed by atoms with Gasteiger partial charge in [0.2, 0.25) is 11.8 Å². The minimum Gasteiger partial charge on any atom is -0.480 e. The van der Waals surface area contributed by atoms with Crippen molar-refractivity contribution in [3.63, 3.8) is 0 Å². The topological polar surface area (TPSA) is 116 Å². The van der Waals surface area contributed by atoms with E-state index in [1.54, 1.807) is 13.8 Å². The summed E-state index contributed by atoms with van der Waals surface area (Å²) in [5, 5.41) is 13.3. The molecule has 1 heterocycles. The van der Waals surface area contributed by atoms with Gasteiger partial charge in [-0.05, 0) is 12.8 Å². The molecule has 0 saturated carbocycles. The first kappa shape index (κ1) is 14.9. The third-order valence-electron chi connectivity index (χ3n) is 2.91. The van der Waals surface area contributed by atoms with Crippen LogP contribution >= 0.6 is 0 Å². The highest BCUT2D eigenvalue weighted by Crippen LogP contribution is 2.09. The van der Waals surface area contributed by atoms with Gasteiger partial charge in [0.1, 0.15) is 18.6 Å². The van der Waals surface area contributed by atoms with E-state index in [9.17, 15) is 19.2 Å². The summed E-state index contributed by atoms with van der Waals surface area (Å²) in [5.74, 6) is -2.28. The van der Waals surface area contributed by atoms with Crippen molar-refractivity contribution in [1.82, 2.24) is 15.5 Å². The second kappa shape index (κ2) is 6.17. The van der Waals surface area contributed by atoms with Crippen LogP contribution in [0, 0.1) is 0 Å². The lowest BCUT2D eigenvalue weighted by molar-refractivity contribution is -0.139. The molecule has 4 amide bonds. The molecule has 8 heteroatoms. The second-order valence-electron chi connectivity index (χ2n) is 4.21. The van der Waals surface area contributed by atoms with Gasteiger partial charge in [-0.25, -0.2) is 9.59 Å². The van der Waals surface area contributed by atoms with E-state index in [0.717, 1.165) is 4.90 Å². The van der Waals surface area contributed by atoms with Crippen molar-refractivity contribution in [2.45, 2.75) is 38.8 Å². The van der Waals surface area contributed by atoms with E-state index < -0.39 is 35.9 Å². The number of hydrogen-bond acceptors (Lipinski definition) is 4. The number of aliphatic carboxylic acids is 1. The Balaban J connectivity index is 2.80. The molecule has 19 heavy (non-hydrogen) atoms. The van der Waals surface area contributed by atoms with E-state index in [0.29, 0.717) is 6.42 Å². The van der Waals surface area contributed by atoms with Crippen LogP contribution in [0.1, 0.15) is 26.7 Å². The lowest BCUT2D eigenvalue weighted by atomic mass is 10.1. The summed E-state index contributed by atoms with van der Waals surface area (Å²) < 4.78 is 0. The summed E-state index contributed by atoms with van der Waals surface area (Å²) in [4.78, 5) is 46.7. The number of nitrogens with zero attached hydrogens (tertiary/aromatic N) is 1. The third kappa shape index (κ3) is 3.43. The van der Waals surface area contributed by atoms with Gasteiger partial charge < -0.3 is 15.3 Å². The maximum Gasteiger partial charge on any atom is 0.326 e. The minimum absolute atomic E-state index is 0.214. The van der Waals surface area contributed by atoms with Crippen molar-refractivity contribution < 1.29 is 24.3 Å². The molecule has 1 unspecified atom stereocenters. The highest BCUT2D eigenvalue weighted by molar-refractivity contribution is 6.04. The van der Waals surface area contributed by atoms with E-state index in [4.69, 9.17) is 5.11 Å². The number of piperazine rings is 1. The number of urea groups is 1. The number of rotatable bonds is 4. The average Bonchev–Trinajstić information content (AvgIpc) is 2.34. The fourth-order valence-electron chi connectivity index (χ4n) is 1.86. The lowest BCUT2D eigenvalue weighted by Crippen LogP contribution is -2.62. The van der Waals surface area contributed by atoms with Crippen molar-refractivity contribution in [2.75, 3.05) is 6.54 Å². The van der Waals surface area contributed by atoms with Crippen LogP contribution in [0.3, 0.4) is 0 Å². The van der Waals surface area contributed by atoms with Gasteiger partial charge in [-0.1, -0.05) is 13.8 Å². The molecular weight excluding hydrogens is 254 g/mol. The molecule has 3 N–H and O–H groups in total. The Hall–Kier alpha value is -2.12. The molecular formula is C11H17N3O5. The largest absolute Gasteiger partial charge is 0.480 e. The van der Waals surface area contributed by atoms with E-state index in [-0.39, 0.29) is 13.0 Å². The average molecular weight is 271 g/mol. The molecule has 0 aromatic heterocycles. The summed E-state index contributed by atoms with van der Waals surface area (Å²) in [5.41, 5.74) is 0. The maximum atomic E-state index is 12.0. The molecule has 0 aliphatic carbocycles. The first-order chi connectivity index (χ1) is 8.90. The Labute approximate surface area is 110 Å². The Morgan fingerprint density at radius 3 is 2.58 bits per heavy atom. The number of carbonyl (C=O) groups excluding carboxylic acids is 3. The number of amides is 4. The van der Waals surface area contributed by atoms with E-state index in [2.05, 4.69) is 10.6 Å². The van der Waals surface area contributed by atoms with Crippen LogP contribution < -0.4 is 10.6 Å². The smallest absolute Gasteiger partial charge is 0.326 e. The maximum absolute atomic E-state index is 12.0. The van der Waals surface area contributed by atoms with Crippen LogP contribution in [0.2, 0.25) is 0 Å². The Morgan fingerprint density at radius 2 is 2.11 bits per heavy atom. The lowest BCUT2D eigenvalue weighted by Gasteiger charge is -2.33. The fourth-order valence-corrected chi connectivity index (χ4v) is 1.86. The highest BCUT2D eigenvalue weighted by atomic mass is 16.4. The first-order valence-corrected chi connectivity index (χ1v) is 6.04. The zero-order valence-corrected chi connectivity index (χ0v) is 10.8. The van der Waals surface area contributed by atoms with Crippen molar-refractivity contribution in [2.24, 2.45) is 0 Å². The molecule has 0 spiro atoms. The van der Waals surface area contributed by atoms with Gasteiger partial charge in [-0.3, -0.25) is 14.9 Å². The normalized spacial score (nSPS) is 20.7. The van der Waals surface area contributed by atoms with Crippen LogP contribution in [-0.2, 0) is 14.4 Å². The van der Waals surface area contributed by atoms with Gasteiger partial charge in [-0.2, -0.15) is 0 Å². The molecule has 1 fully saturated rings. The molecule has 0 bridgehead atoms. The molecule has 1 aliphatic rings. The quantitative estimate of drug-likeness (QED) is 0.584. The number of carboxylic acids is 1. The molecule has 0 aromatic carbocycles. The fraction of sp³-hybridized carbons (Fsp3) is 0.636. The second-order valence-corrected chi connectivity index (χ2v) is 4.21. The molecule has 2 atom stereocenters. The summed E-state index contributed by atoms with van der Waals surface area (Å²) in [6, 6.07) is -2.52. The monoisotopic (exact) mass is 271 g/mol. The molecule has 0 aromatic rings. The SMILES string of the molecule is CCC1C(=O)NC(=O)CN1C(=O)N[C@@H](CC)C(=O)O. The number of carboxylic acid groups (broad SMARTS) is 1. The predicted molar refractivity (Wildman–Crippen MR) is 64.2 cm³/mol. The molecule has 1 saturated heterocycles. The number of carbonyl (C=O) groups is 4. The van der Waals surface area contributed by atoms with Crippen LogP contribution in [-0.4, -0.2) is 52.4 Å². The van der Waals surface area contributed by atoms with Crippen LogP contribution in [0.25, 0.3) is 0 Å². The molecule has 8 nitrogen and oxygen atoms in total. The number of imide groups is 1. The van der Waals surface area contributed by atoms with Crippen molar-refractivity contribution in [1.29, 1.82) is 0 Å². The highest BCUT2D eigenvalue weighted by Gasteiger charge is 2.36. The van der Waals surface area contributed by atoms with Gasteiger partial charge in [0.25, 0.3) is 0 Å². The van der Waals surface area contributed by atoms with Crippen LogP contribution in [0.15, 0.2) is 0 Å². The Bertz CT molecular complexity index is 409. The Morgan fingerprint density at radius 1 is 1.47 bits per heavy atom. The van der Waals surface area contributed by atoms with E-state index in [1.165, 1.54) is 0 Å². The van der Waals surface area contributed by atoms with Crippen LogP contribution in [0.4, 0.5) is 4.79 Å². The third-order valence-corrected chi connectivity index (χ3v) is 2.91. The summed E-state index contributed by atoms with van der Waals surface area (Å²) in [6.45, 7) is 3.06. The van der Waals surface area contributed by atoms with Gasteiger partial charge in [0.05, 0.1) is 0 Å². The van der Waals surface area contributed by atoms with E-state index in [1.807, 2.05) is 0 Å². The van der Waals surface area contributed by atoms with Gasteiger partial charge in [0.15, 0.2) is 0 Å². The van der Waals surface area contributed by atoms with Gasteiger partial charge in [-0.15, -0.1) is 0 Å². The number of nitrogens with one attached hydrogen (secondary N) is 2. The summed E-state index contributed by atoms with van der Waals surface area (Å²) >= 11 is 0. The summed E-state index contributed by atoms with van der Waals surface area (Å²) in [6.07, 6.45) is 0.558. The molecule has 1 aliphatic heterocycles. The molecule has 0 radical (unpaired) electrons. The van der Waals surface area contributed by atoms with Crippen LogP contribution in [0.5, 0.6) is 0 Å². The standard InChI is InChI=1S/C11H17N3O5/c1-3-6(10(17)18)12-11(19)14-5-8(15)13-9(16)7(14)4-2/h6-7H,3-5H2,1-2H3,(H,12,19)(H,17,18)(H,13,15,16)/t6-,7?/m0/s1. The van der Waals surface area contributed by atoms with Crippen molar-refractivity contribution >= 4 is 23.8 Å². The predicted octanol–water partition coefficient (Wildman–Crippen LogP) is -0.704. The van der Waals surface area contributed by atoms with Crippen molar-refractivity contribution in [3.8, 4) is 0 Å². The van der Waals surface area contributed by atoms with Gasteiger partial charge in [0, 0.05) is 0 Å². The van der Waals surface area contributed by atoms with E-state index >= 15 is 0 Å². The Kier molecular flexibility index (Phi) is 4.85.